The lowest BCUT2D eigenvalue weighted by Gasteiger charge is -2.23. The van der Waals surface area contributed by atoms with Crippen LogP contribution in [0.3, 0.4) is 0 Å². The minimum absolute atomic E-state index is 0.0593. The fourth-order valence-electron chi connectivity index (χ4n) is 2.41. The largest absolute Gasteiger partial charge is 0.479 e. The van der Waals surface area contributed by atoms with Crippen molar-refractivity contribution in [1.82, 2.24) is 0 Å². The molecule has 1 atom stereocenters. The van der Waals surface area contributed by atoms with Gasteiger partial charge in [-0.15, -0.1) is 11.8 Å². The molecule has 1 aliphatic rings. The van der Waals surface area contributed by atoms with Gasteiger partial charge in [0.1, 0.15) is 5.75 Å². The number of carbonyl (C=O) groups is 2. The summed E-state index contributed by atoms with van der Waals surface area (Å²) in [5.74, 6) is 1.07. The third-order valence-corrected chi connectivity index (χ3v) is 4.83. The number of ether oxygens (including phenoxy) is 1. The average molecular weight is 356 g/mol. The molecule has 0 radical (unpaired) electrons. The highest BCUT2D eigenvalue weighted by molar-refractivity contribution is 7.99. The second-order valence-corrected chi connectivity index (χ2v) is 7.09. The predicted molar refractivity (Wildman–Crippen MR) is 100 cm³/mol. The first-order valence-corrected chi connectivity index (χ1v) is 9.11. The Morgan fingerprint density at radius 3 is 2.76 bits per heavy atom. The van der Waals surface area contributed by atoms with E-state index < -0.39 is 6.10 Å². The fraction of sp³-hybridized carbons (Fsp3) is 0.263. The molecule has 1 aliphatic heterocycles. The van der Waals surface area contributed by atoms with Crippen LogP contribution < -0.4 is 15.4 Å². The zero-order chi connectivity index (χ0) is 17.8. The summed E-state index contributed by atoms with van der Waals surface area (Å²) in [5.41, 5.74) is 2.44. The zero-order valence-corrected chi connectivity index (χ0v) is 15.0. The summed E-state index contributed by atoms with van der Waals surface area (Å²) in [7, 11) is 0. The Balaban J connectivity index is 1.52. The van der Waals surface area contributed by atoms with Crippen LogP contribution in [0.1, 0.15) is 18.9 Å². The number of thioether (sulfide) groups is 1. The summed E-state index contributed by atoms with van der Waals surface area (Å²) in [6.07, 6.45) is -0.0954. The molecule has 0 spiro atoms. The molecule has 0 saturated carbocycles. The van der Waals surface area contributed by atoms with E-state index in [0.717, 1.165) is 4.90 Å². The van der Waals surface area contributed by atoms with Crippen molar-refractivity contribution in [3.05, 3.63) is 48.0 Å². The highest BCUT2D eigenvalue weighted by atomic mass is 32.2. The lowest BCUT2D eigenvalue weighted by molar-refractivity contribution is -0.122. The van der Waals surface area contributed by atoms with E-state index in [2.05, 4.69) is 41.8 Å². The summed E-state index contributed by atoms with van der Waals surface area (Å²) in [6.45, 7) is 3.74. The number of anilines is 2. The first-order chi connectivity index (χ1) is 12.0. The molecule has 2 aromatic rings. The Morgan fingerprint density at radius 2 is 2.00 bits per heavy atom. The first-order valence-electron chi connectivity index (χ1n) is 8.12. The van der Waals surface area contributed by atoms with Gasteiger partial charge < -0.3 is 15.4 Å². The maximum atomic E-state index is 12.1. The van der Waals surface area contributed by atoms with E-state index in [1.807, 2.05) is 0 Å². The van der Waals surface area contributed by atoms with Gasteiger partial charge in [-0.2, -0.15) is 0 Å². The number of carbonyl (C=O) groups excluding carboxylic acids is 2. The van der Waals surface area contributed by atoms with Crippen LogP contribution in [-0.4, -0.2) is 23.7 Å². The molecule has 1 heterocycles. The molecule has 2 N–H and O–H groups in total. The van der Waals surface area contributed by atoms with Crippen LogP contribution in [0.2, 0.25) is 0 Å². The summed E-state index contributed by atoms with van der Waals surface area (Å²) in [5, 5.41) is 5.63. The van der Waals surface area contributed by atoms with Gasteiger partial charge in [0, 0.05) is 22.8 Å². The number of benzene rings is 2. The lowest BCUT2D eigenvalue weighted by Crippen LogP contribution is -2.34. The summed E-state index contributed by atoms with van der Waals surface area (Å²) in [4.78, 5) is 24.9. The Kier molecular flexibility index (Phi) is 5.28. The number of hydrogen-bond donors (Lipinski definition) is 2. The molecule has 0 aromatic heterocycles. The first kappa shape index (κ1) is 17.4. The summed E-state index contributed by atoms with van der Waals surface area (Å²) < 4.78 is 5.50. The molecule has 25 heavy (non-hydrogen) atoms. The highest BCUT2D eigenvalue weighted by Gasteiger charge is 2.23. The van der Waals surface area contributed by atoms with Gasteiger partial charge in [-0.05, 0) is 44.2 Å². The maximum Gasteiger partial charge on any atom is 0.265 e. The molecular formula is C19H20N2O3S. The SMILES string of the molecule is Cc1ccc(SCCC(=O)Nc2ccc3c(c2)NC(=O)C(C)O3)cc1. The Labute approximate surface area is 151 Å². The number of fused-ring (bicyclic) bond motifs is 1. The molecule has 6 heteroatoms. The van der Waals surface area contributed by atoms with Gasteiger partial charge in [0.2, 0.25) is 5.91 Å². The molecule has 5 nitrogen and oxygen atoms in total. The van der Waals surface area contributed by atoms with Crippen molar-refractivity contribution in [3.63, 3.8) is 0 Å². The van der Waals surface area contributed by atoms with Crippen LogP contribution in [0.15, 0.2) is 47.4 Å². The average Bonchev–Trinajstić information content (AvgIpc) is 2.58. The van der Waals surface area contributed by atoms with Crippen LogP contribution >= 0.6 is 11.8 Å². The van der Waals surface area contributed by atoms with Crippen molar-refractivity contribution in [2.24, 2.45) is 0 Å². The number of rotatable bonds is 5. The molecule has 2 aromatic carbocycles. The van der Waals surface area contributed by atoms with E-state index >= 15 is 0 Å². The van der Waals surface area contributed by atoms with Gasteiger partial charge in [0.15, 0.2) is 6.10 Å². The summed E-state index contributed by atoms with van der Waals surface area (Å²) in [6, 6.07) is 13.5. The van der Waals surface area contributed by atoms with Crippen molar-refractivity contribution in [3.8, 4) is 5.75 Å². The minimum atomic E-state index is -0.508. The van der Waals surface area contributed by atoms with Gasteiger partial charge in [0.05, 0.1) is 5.69 Å². The standard InChI is InChI=1S/C19H20N2O3S/c1-12-3-6-15(7-4-12)25-10-9-18(22)20-14-5-8-17-16(11-14)21-19(23)13(2)24-17/h3-8,11,13H,9-10H2,1-2H3,(H,20,22)(H,21,23). The van der Waals surface area contributed by atoms with Crippen LogP contribution in [-0.2, 0) is 9.59 Å². The molecule has 3 rings (SSSR count). The molecule has 1 unspecified atom stereocenters. The van der Waals surface area contributed by atoms with Gasteiger partial charge in [0.25, 0.3) is 5.91 Å². The van der Waals surface area contributed by atoms with Gasteiger partial charge in [-0.3, -0.25) is 9.59 Å². The van der Waals surface area contributed by atoms with E-state index in [9.17, 15) is 9.59 Å². The highest BCUT2D eigenvalue weighted by Crippen LogP contribution is 2.32. The quantitative estimate of drug-likeness (QED) is 0.799. The molecule has 0 aliphatic carbocycles. The fourth-order valence-corrected chi connectivity index (χ4v) is 3.26. The number of amides is 2. The van der Waals surface area contributed by atoms with Crippen LogP contribution in [0.4, 0.5) is 11.4 Å². The van der Waals surface area contributed by atoms with E-state index in [1.54, 1.807) is 36.9 Å². The van der Waals surface area contributed by atoms with Crippen LogP contribution in [0.5, 0.6) is 5.75 Å². The van der Waals surface area contributed by atoms with E-state index in [-0.39, 0.29) is 11.8 Å². The molecular weight excluding hydrogens is 336 g/mol. The molecule has 2 amide bonds. The topological polar surface area (TPSA) is 67.4 Å². The van der Waals surface area contributed by atoms with Gasteiger partial charge in [-0.1, -0.05) is 17.7 Å². The molecule has 130 valence electrons. The van der Waals surface area contributed by atoms with Gasteiger partial charge >= 0.3 is 0 Å². The second-order valence-electron chi connectivity index (χ2n) is 5.92. The predicted octanol–water partition coefficient (Wildman–Crippen LogP) is 3.84. The summed E-state index contributed by atoms with van der Waals surface area (Å²) >= 11 is 1.65. The third kappa shape index (κ3) is 4.54. The normalized spacial score (nSPS) is 15.8. The van der Waals surface area contributed by atoms with Crippen molar-refractivity contribution in [1.29, 1.82) is 0 Å². The third-order valence-electron chi connectivity index (χ3n) is 3.81. The number of aryl methyl sites for hydroxylation is 1. The Bertz CT molecular complexity index is 790. The van der Waals surface area contributed by atoms with E-state index in [1.165, 1.54) is 5.56 Å². The van der Waals surface area contributed by atoms with Crippen LogP contribution in [0.25, 0.3) is 0 Å². The molecule has 0 saturated heterocycles. The monoisotopic (exact) mass is 356 g/mol. The van der Waals surface area contributed by atoms with Crippen molar-refractivity contribution < 1.29 is 14.3 Å². The molecule has 0 bridgehead atoms. The minimum Gasteiger partial charge on any atom is -0.479 e. The van der Waals surface area contributed by atoms with Crippen molar-refractivity contribution in [2.75, 3.05) is 16.4 Å². The van der Waals surface area contributed by atoms with E-state index in [4.69, 9.17) is 4.74 Å². The zero-order valence-electron chi connectivity index (χ0n) is 14.2. The molecule has 0 fully saturated rings. The van der Waals surface area contributed by atoms with Crippen LogP contribution in [0, 0.1) is 6.92 Å². The second kappa shape index (κ2) is 7.61. The Hall–Kier alpha value is -2.47. The van der Waals surface area contributed by atoms with Crippen molar-refractivity contribution in [2.45, 2.75) is 31.3 Å². The van der Waals surface area contributed by atoms with E-state index in [0.29, 0.717) is 29.3 Å². The number of nitrogens with one attached hydrogen (secondary N) is 2. The lowest BCUT2D eigenvalue weighted by atomic mass is 10.2. The number of hydrogen-bond acceptors (Lipinski definition) is 4. The van der Waals surface area contributed by atoms with Gasteiger partial charge in [-0.25, -0.2) is 0 Å². The Morgan fingerprint density at radius 1 is 1.24 bits per heavy atom. The smallest absolute Gasteiger partial charge is 0.265 e. The van der Waals surface area contributed by atoms with Crippen molar-refractivity contribution >= 4 is 35.0 Å². The maximum absolute atomic E-state index is 12.1.